The summed E-state index contributed by atoms with van der Waals surface area (Å²) in [6.07, 6.45) is -6.78. The van der Waals surface area contributed by atoms with E-state index in [4.69, 9.17) is 17.3 Å². The summed E-state index contributed by atoms with van der Waals surface area (Å²) in [7, 11) is -1.59. The van der Waals surface area contributed by atoms with Crippen LogP contribution in [0.3, 0.4) is 0 Å². The van der Waals surface area contributed by atoms with Gasteiger partial charge >= 0.3 is 12.5 Å². The molecule has 0 spiro atoms. The molecule has 0 bridgehead atoms. The van der Waals surface area contributed by atoms with Crippen molar-refractivity contribution in [3.8, 4) is 11.1 Å². The molecule has 3 aromatic rings. The maximum atomic E-state index is 14.1. The normalized spacial score (nSPS) is 17.1. The number of benzene rings is 1. The van der Waals surface area contributed by atoms with Crippen LogP contribution >= 0.6 is 11.6 Å². The van der Waals surface area contributed by atoms with Crippen LogP contribution in [0.2, 0.25) is 5.02 Å². The molecule has 3 heterocycles. The van der Waals surface area contributed by atoms with E-state index in [9.17, 15) is 44.3 Å². The molecular formula is C28H29ClF6N4O4S. The van der Waals surface area contributed by atoms with Crippen molar-refractivity contribution in [2.45, 2.75) is 57.2 Å². The summed E-state index contributed by atoms with van der Waals surface area (Å²) in [4.78, 5) is 25.5. The average molecular weight is 667 g/mol. The molecule has 2 aliphatic rings. The smallest absolute Gasteiger partial charge is 0.364 e. The number of rotatable bonds is 5. The highest BCUT2D eigenvalue weighted by molar-refractivity contribution is 7.91. The highest BCUT2D eigenvalue weighted by atomic mass is 35.5. The molecule has 240 valence electrons. The van der Waals surface area contributed by atoms with Crippen LogP contribution in [0.4, 0.5) is 26.3 Å². The van der Waals surface area contributed by atoms with Crippen molar-refractivity contribution in [2.24, 2.45) is 5.73 Å². The molecule has 0 radical (unpaired) electrons. The van der Waals surface area contributed by atoms with Crippen molar-refractivity contribution in [3.63, 3.8) is 0 Å². The lowest BCUT2D eigenvalue weighted by molar-refractivity contribution is -0.204. The third kappa shape index (κ3) is 7.09. The van der Waals surface area contributed by atoms with Gasteiger partial charge in [-0.2, -0.15) is 13.2 Å². The molecule has 8 nitrogen and oxygen atoms in total. The Morgan fingerprint density at radius 2 is 1.55 bits per heavy atom. The Morgan fingerprint density at radius 1 is 0.977 bits per heavy atom. The van der Waals surface area contributed by atoms with Crippen LogP contribution in [0.15, 0.2) is 42.6 Å². The SMILES string of the molecule is Cc1c(-c2ccc(Cl)cc2)c(C(=O)N(C)C2CCS(=O)(=O)CC2)n(C2CC2)c1C(F)(F)F.NC(=O)c1cccn1C(F)(F)F. The van der Waals surface area contributed by atoms with Gasteiger partial charge in [-0.3, -0.25) is 14.2 Å². The topological polar surface area (TPSA) is 107 Å². The van der Waals surface area contributed by atoms with E-state index >= 15 is 0 Å². The van der Waals surface area contributed by atoms with E-state index in [1.54, 1.807) is 31.3 Å². The van der Waals surface area contributed by atoms with Crippen LogP contribution in [0.1, 0.15) is 64.0 Å². The lowest BCUT2D eigenvalue weighted by atomic mass is 9.99. The Balaban J connectivity index is 0.000000309. The molecule has 1 aliphatic heterocycles. The Kier molecular flexibility index (Phi) is 9.23. The van der Waals surface area contributed by atoms with E-state index in [0.29, 0.717) is 23.4 Å². The second-order valence-corrected chi connectivity index (χ2v) is 13.4. The number of sulfone groups is 1. The van der Waals surface area contributed by atoms with Gasteiger partial charge in [0.15, 0.2) is 0 Å². The summed E-state index contributed by atoms with van der Waals surface area (Å²) < 4.78 is 103. The minimum absolute atomic E-state index is 0.00898. The molecular weight excluding hydrogens is 638 g/mol. The predicted octanol–water partition coefficient (Wildman–Crippen LogP) is 6.18. The summed E-state index contributed by atoms with van der Waals surface area (Å²) in [5, 5.41) is 0.442. The summed E-state index contributed by atoms with van der Waals surface area (Å²) in [5.74, 6) is -1.69. The monoisotopic (exact) mass is 666 g/mol. The van der Waals surface area contributed by atoms with Gasteiger partial charge in [0.25, 0.3) is 11.8 Å². The Bertz CT molecular complexity index is 1640. The van der Waals surface area contributed by atoms with Crippen LogP contribution in [0.25, 0.3) is 11.1 Å². The maximum Gasteiger partial charge on any atom is 0.489 e. The van der Waals surface area contributed by atoms with Gasteiger partial charge in [0.05, 0.1) is 11.5 Å². The molecule has 1 saturated heterocycles. The molecule has 0 unspecified atom stereocenters. The fourth-order valence-corrected chi connectivity index (χ4v) is 6.93. The van der Waals surface area contributed by atoms with Crippen LogP contribution in [-0.2, 0) is 22.3 Å². The molecule has 1 saturated carbocycles. The zero-order valence-corrected chi connectivity index (χ0v) is 25.1. The Morgan fingerprint density at radius 3 is 2.00 bits per heavy atom. The molecule has 2 N–H and O–H groups in total. The molecule has 5 rings (SSSR count). The standard InChI is InChI=1S/C22H24ClF3N2O3S.C6H5F3N2O/c1-13-18(14-3-5-15(23)6-4-14)19(28(17-7-8-17)20(13)22(24,25)26)21(29)27(2)16-9-11-32(30,31)12-10-16;7-6(8,9)11-3-1-2-4(11)5(10)12/h3-6,16-17H,7-12H2,1-2H3;1-3H,(H2,10,12). The zero-order chi connectivity index (χ0) is 32.8. The highest BCUT2D eigenvalue weighted by Crippen LogP contribution is 2.48. The molecule has 1 aromatic carbocycles. The maximum absolute atomic E-state index is 14.1. The summed E-state index contributed by atoms with van der Waals surface area (Å²) in [6, 6.07) is 7.79. The number of carbonyl (C=O) groups is 2. The number of nitrogens with zero attached hydrogens (tertiary/aromatic N) is 3. The minimum atomic E-state index is -4.62. The van der Waals surface area contributed by atoms with E-state index in [0.717, 1.165) is 22.9 Å². The highest BCUT2D eigenvalue weighted by Gasteiger charge is 2.46. The zero-order valence-electron chi connectivity index (χ0n) is 23.5. The number of amides is 2. The van der Waals surface area contributed by atoms with E-state index in [2.05, 4.69) is 0 Å². The number of alkyl halides is 6. The summed E-state index contributed by atoms with van der Waals surface area (Å²) in [6.45, 7) is 1.40. The van der Waals surface area contributed by atoms with Gasteiger partial charge in [0.1, 0.15) is 26.9 Å². The van der Waals surface area contributed by atoms with Crippen molar-refractivity contribution in [1.29, 1.82) is 0 Å². The van der Waals surface area contributed by atoms with E-state index in [1.807, 2.05) is 0 Å². The van der Waals surface area contributed by atoms with E-state index < -0.39 is 45.5 Å². The lowest BCUT2D eigenvalue weighted by Gasteiger charge is -2.32. The molecule has 1 aliphatic carbocycles. The number of halogens is 7. The first-order valence-electron chi connectivity index (χ1n) is 13.4. The Labute approximate surface area is 254 Å². The van der Waals surface area contributed by atoms with Crippen LogP contribution in [-0.4, -0.2) is 58.9 Å². The van der Waals surface area contributed by atoms with E-state index in [-0.39, 0.29) is 57.8 Å². The largest absolute Gasteiger partial charge is 0.489 e. The second kappa shape index (κ2) is 12.1. The summed E-state index contributed by atoms with van der Waals surface area (Å²) in [5.41, 5.74) is 4.09. The fourth-order valence-electron chi connectivity index (χ4n) is 5.34. The first-order valence-corrected chi connectivity index (χ1v) is 15.6. The van der Waals surface area contributed by atoms with Crippen molar-refractivity contribution in [2.75, 3.05) is 18.6 Å². The molecule has 16 heteroatoms. The number of carbonyl (C=O) groups excluding carboxylic acids is 2. The average Bonchev–Trinajstić information content (AvgIpc) is 3.52. The third-order valence-electron chi connectivity index (χ3n) is 7.63. The number of primary amides is 1. The first-order chi connectivity index (χ1) is 20.3. The van der Waals surface area contributed by atoms with Crippen LogP contribution in [0, 0.1) is 6.92 Å². The van der Waals surface area contributed by atoms with Gasteiger partial charge in [0, 0.05) is 35.9 Å². The number of hydrogen-bond acceptors (Lipinski definition) is 4. The fraction of sp³-hybridized carbons (Fsp3) is 0.429. The first kappa shape index (κ1) is 33.4. The van der Waals surface area contributed by atoms with Crippen LogP contribution in [0.5, 0.6) is 0 Å². The molecule has 44 heavy (non-hydrogen) atoms. The van der Waals surface area contributed by atoms with Gasteiger partial charge in [-0.25, -0.2) is 8.42 Å². The van der Waals surface area contributed by atoms with Gasteiger partial charge in [0.2, 0.25) is 0 Å². The third-order valence-corrected chi connectivity index (χ3v) is 9.60. The quantitative estimate of drug-likeness (QED) is 0.328. The van der Waals surface area contributed by atoms with Gasteiger partial charge in [-0.1, -0.05) is 23.7 Å². The van der Waals surface area contributed by atoms with Gasteiger partial charge < -0.3 is 15.2 Å². The number of nitrogens with two attached hydrogens (primary N) is 1. The molecule has 0 atom stereocenters. The number of aromatic nitrogens is 2. The molecule has 2 fully saturated rings. The van der Waals surface area contributed by atoms with Crippen LogP contribution < -0.4 is 5.73 Å². The minimum Gasteiger partial charge on any atom is -0.364 e. The Hall–Kier alpha value is -3.46. The molecule has 2 aromatic heterocycles. The van der Waals surface area contributed by atoms with Crippen molar-refractivity contribution >= 4 is 33.3 Å². The van der Waals surface area contributed by atoms with Crippen molar-refractivity contribution in [3.05, 3.63) is 70.3 Å². The van der Waals surface area contributed by atoms with Crippen molar-refractivity contribution < 1.29 is 44.3 Å². The second-order valence-electron chi connectivity index (χ2n) is 10.7. The van der Waals surface area contributed by atoms with Gasteiger partial charge in [-0.05, 0) is 68.0 Å². The lowest BCUT2D eigenvalue weighted by Crippen LogP contribution is -2.43. The predicted molar refractivity (Wildman–Crippen MR) is 151 cm³/mol. The molecule has 2 amide bonds. The van der Waals surface area contributed by atoms with Crippen molar-refractivity contribution in [1.82, 2.24) is 14.0 Å². The summed E-state index contributed by atoms with van der Waals surface area (Å²) >= 11 is 5.98. The van der Waals surface area contributed by atoms with E-state index in [1.165, 1.54) is 11.8 Å². The van der Waals surface area contributed by atoms with Gasteiger partial charge in [-0.15, -0.1) is 13.2 Å². The number of hydrogen-bond donors (Lipinski definition) is 1.